The molecule has 1 N–H and O–H groups in total. The van der Waals surface area contributed by atoms with Crippen LogP contribution in [0.15, 0.2) is 12.4 Å². The van der Waals surface area contributed by atoms with Gasteiger partial charge in [-0.1, -0.05) is 6.92 Å². The van der Waals surface area contributed by atoms with Crippen LogP contribution in [0, 0.1) is 5.92 Å². The van der Waals surface area contributed by atoms with Crippen molar-refractivity contribution in [3.63, 3.8) is 0 Å². The van der Waals surface area contributed by atoms with Gasteiger partial charge in [-0.15, -0.1) is 0 Å². The van der Waals surface area contributed by atoms with E-state index in [2.05, 4.69) is 34.2 Å². The predicted octanol–water partition coefficient (Wildman–Crippen LogP) is 1.45. The molecule has 0 saturated carbocycles. The fourth-order valence-electron chi connectivity index (χ4n) is 2.33. The molecule has 106 valence electrons. The SMILES string of the molecule is CCNCc1cncc(N(C)CC2CCOCC2)n1. The second-order valence-corrected chi connectivity index (χ2v) is 5.09. The molecule has 0 atom stereocenters. The topological polar surface area (TPSA) is 50.3 Å². The standard InChI is InChI=1S/C14H24N4O/c1-3-15-8-13-9-16-10-14(17-13)18(2)11-12-4-6-19-7-5-12/h9-10,12,15H,3-8,11H2,1-2H3. The predicted molar refractivity (Wildman–Crippen MR) is 76.2 cm³/mol. The molecule has 0 unspecified atom stereocenters. The van der Waals surface area contributed by atoms with Crippen molar-refractivity contribution in [3.05, 3.63) is 18.1 Å². The van der Waals surface area contributed by atoms with E-state index in [0.29, 0.717) is 5.92 Å². The van der Waals surface area contributed by atoms with Gasteiger partial charge in [-0.3, -0.25) is 4.98 Å². The second-order valence-electron chi connectivity index (χ2n) is 5.09. The molecular formula is C14H24N4O. The number of anilines is 1. The minimum atomic E-state index is 0.706. The highest BCUT2D eigenvalue weighted by Crippen LogP contribution is 2.18. The van der Waals surface area contributed by atoms with Crippen LogP contribution in [-0.2, 0) is 11.3 Å². The quantitative estimate of drug-likeness (QED) is 0.843. The Bertz CT molecular complexity index is 379. The first kappa shape index (κ1) is 14.2. The van der Waals surface area contributed by atoms with Crippen LogP contribution >= 0.6 is 0 Å². The Morgan fingerprint density at radius 2 is 2.16 bits per heavy atom. The molecule has 0 radical (unpaired) electrons. The summed E-state index contributed by atoms with van der Waals surface area (Å²) in [4.78, 5) is 11.1. The van der Waals surface area contributed by atoms with Crippen LogP contribution in [0.1, 0.15) is 25.5 Å². The maximum atomic E-state index is 5.40. The molecule has 1 aromatic heterocycles. The van der Waals surface area contributed by atoms with Crippen LogP contribution in [0.3, 0.4) is 0 Å². The molecule has 19 heavy (non-hydrogen) atoms. The van der Waals surface area contributed by atoms with E-state index in [0.717, 1.165) is 57.2 Å². The molecule has 0 aromatic carbocycles. The number of nitrogens with zero attached hydrogens (tertiary/aromatic N) is 3. The largest absolute Gasteiger partial charge is 0.381 e. The Hall–Kier alpha value is -1.20. The Kier molecular flexibility index (Phi) is 5.54. The van der Waals surface area contributed by atoms with Crippen molar-refractivity contribution in [3.8, 4) is 0 Å². The molecule has 1 aromatic rings. The molecule has 5 heteroatoms. The van der Waals surface area contributed by atoms with E-state index in [4.69, 9.17) is 4.74 Å². The highest BCUT2D eigenvalue weighted by molar-refractivity contribution is 5.35. The van der Waals surface area contributed by atoms with Crippen molar-refractivity contribution < 1.29 is 4.74 Å². The highest BCUT2D eigenvalue weighted by atomic mass is 16.5. The van der Waals surface area contributed by atoms with Crippen molar-refractivity contribution >= 4 is 5.82 Å². The summed E-state index contributed by atoms with van der Waals surface area (Å²) in [6, 6.07) is 0. The average molecular weight is 264 g/mol. The summed E-state index contributed by atoms with van der Waals surface area (Å²) >= 11 is 0. The van der Waals surface area contributed by atoms with Gasteiger partial charge < -0.3 is 15.0 Å². The monoisotopic (exact) mass is 264 g/mol. The zero-order chi connectivity index (χ0) is 13.5. The molecule has 0 amide bonds. The maximum absolute atomic E-state index is 5.40. The van der Waals surface area contributed by atoms with Crippen molar-refractivity contribution in [2.24, 2.45) is 5.92 Å². The average Bonchev–Trinajstić information content (AvgIpc) is 2.46. The molecule has 5 nitrogen and oxygen atoms in total. The summed E-state index contributed by atoms with van der Waals surface area (Å²) in [6.07, 6.45) is 5.97. The molecule has 2 heterocycles. The Morgan fingerprint density at radius 3 is 2.89 bits per heavy atom. The van der Waals surface area contributed by atoms with Gasteiger partial charge in [-0.2, -0.15) is 0 Å². The number of hydrogen-bond donors (Lipinski definition) is 1. The van der Waals surface area contributed by atoms with Crippen LogP contribution in [0.4, 0.5) is 5.82 Å². The number of ether oxygens (including phenoxy) is 1. The second kappa shape index (κ2) is 7.40. The minimum absolute atomic E-state index is 0.706. The molecule has 0 bridgehead atoms. The van der Waals surface area contributed by atoms with Crippen molar-refractivity contribution in [1.29, 1.82) is 0 Å². The molecule has 0 spiro atoms. The van der Waals surface area contributed by atoms with Crippen molar-refractivity contribution in [1.82, 2.24) is 15.3 Å². The third kappa shape index (κ3) is 4.44. The summed E-state index contributed by atoms with van der Waals surface area (Å²) in [5.74, 6) is 1.67. The molecule has 1 aliphatic rings. The molecule has 1 saturated heterocycles. The van der Waals surface area contributed by atoms with Crippen LogP contribution < -0.4 is 10.2 Å². The first-order valence-corrected chi connectivity index (χ1v) is 7.10. The van der Waals surface area contributed by atoms with Gasteiger partial charge in [0.1, 0.15) is 5.82 Å². The lowest BCUT2D eigenvalue weighted by Crippen LogP contribution is -2.30. The number of hydrogen-bond acceptors (Lipinski definition) is 5. The first-order valence-electron chi connectivity index (χ1n) is 7.10. The van der Waals surface area contributed by atoms with Gasteiger partial charge in [0, 0.05) is 39.5 Å². The number of aromatic nitrogens is 2. The van der Waals surface area contributed by atoms with Crippen LogP contribution in [-0.4, -0.2) is 43.3 Å². The van der Waals surface area contributed by atoms with E-state index in [1.807, 2.05) is 12.4 Å². The molecule has 0 aliphatic carbocycles. The highest BCUT2D eigenvalue weighted by Gasteiger charge is 2.16. The number of nitrogens with one attached hydrogen (secondary N) is 1. The van der Waals surface area contributed by atoms with Gasteiger partial charge in [-0.25, -0.2) is 4.98 Å². The van der Waals surface area contributed by atoms with Gasteiger partial charge in [0.2, 0.25) is 0 Å². The van der Waals surface area contributed by atoms with Crippen LogP contribution in [0.5, 0.6) is 0 Å². The molecular weight excluding hydrogens is 240 g/mol. The summed E-state index contributed by atoms with van der Waals surface area (Å²) < 4.78 is 5.40. The lowest BCUT2D eigenvalue weighted by Gasteiger charge is -2.27. The van der Waals surface area contributed by atoms with Crippen LogP contribution in [0.2, 0.25) is 0 Å². The number of rotatable bonds is 6. The molecule has 2 rings (SSSR count). The fourth-order valence-corrected chi connectivity index (χ4v) is 2.33. The smallest absolute Gasteiger partial charge is 0.147 e. The first-order chi connectivity index (χ1) is 9.29. The summed E-state index contributed by atoms with van der Waals surface area (Å²) in [5.41, 5.74) is 0.998. The summed E-state index contributed by atoms with van der Waals surface area (Å²) in [7, 11) is 2.09. The maximum Gasteiger partial charge on any atom is 0.147 e. The Balaban J connectivity index is 1.91. The zero-order valence-corrected chi connectivity index (χ0v) is 11.9. The van der Waals surface area contributed by atoms with E-state index in [1.54, 1.807) is 0 Å². The Morgan fingerprint density at radius 1 is 1.37 bits per heavy atom. The lowest BCUT2D eigenvalue weighted by molar-refractivity contribution is 0.0685. The molecule has 1 fully saturated rings. The van der Waals surface area contributed by atoms with E-state index in [-0.39, 0.29) is 0 Å². The van der Waals surface area contributed by atoms with Crippen molar-refractivity contribution in [2.75, 3.05) is 38.3 Å². The minimum Gasteiger partial charge on any atom is -0.381 e. The molecule has 1 aliphatic heterocycles. The van der Waals surface area contributed by atoms with Gasteiger partial charge in [0.05, 0.1) is 11.9 Å². The van der Waals surface area contributed by atoms with Gasteiger partial charge >= 0.3 is 0 Å². The fraction of sp³-hybridized carbons (Fsp3) is 0.714. The van der Waals surface area contributed by atoms with Gasteiger partial charge in [-0.05, 0) is 25.3 Å². The van der Waals surface area contributed by atoms with E-state index in [9.17, 15) is 0 Å². The van der Waals surface area contributed by atoms with Gasteiger partial charge in [0.15, 0.2) is 0 Å². The van der Waals surface area contributed by atoms with Crippen LogP contribution in [0.25, 0.3) is 0 Å². The summed E-state index contributed by atoms with van der Waals surface area (Å²) in [5, 5.41) is 3.27. The van der Waals surface area contributed by atoms with E-state index in [1.165, 1.54) is 0 Å². The zero-order valence-electron chi connectivity index (χ0n) is 11.9. The van der Waals surface area contributed by atoms with Crippen molar-refractivity contribution in [2.45, 2.75) is 26.3 Å². The third-order valence-corrected chi connectivity index (χ3v) is 3.49. The van der Waals surface area contributed by atoms with Gasteiger partial charge in [0.25, 0.3) is 0 Å². The van der Waals surface area contributed by atoms with E-state index < -0.39 is 0 Å². The lowest BCUT2D eigenvalue weighted by atomic mass is 10.00. The normalized spacial score (nSPS) is 16.5. The van der Waals surface area contributed by atoms with E-state index >= 15 is 0 Å². The third-order valence-electron chi connectivity index (χ3n) is 3.49. The Labute approximate surface area is 115 Å². The summed E-state index contributed by atoms with van der Waals surface area (Å²) in [6.45, 7) is 6.64.